The Hall–Kier alpha value is -0.570. The summed E-state index contributed by atoms with van der Waals surface area (Å²) >= 11 is 0. The first-order valence-corrected chi connectivity index (χ1v) is 7.69. The lowest BCUT2D eigenvalue weighted by Crippen LogP contribution is -2.49. The molecule has 0 fully saturated rings. The number of hydrogen-bond acceptors (Lipinski definition) is 3. The van der Waals surface area contributed by atoms with Gasteiger partial charge in [-0.2, -0.15) is 0 Å². The zero-order valence-electron chi connectivity index (χ0n) is 15.1. The fourth-order valence-electron chi connectivity index (χ4n) is 1.95. The molecule has 22 heavy (non-hydrogen) atoms. The van der Waals surface area contributed by atoms with Gasteiger partial charge in [-0.3, -0.25) is 14.7 Å². The molecule has 0 aliphatic heterocycles. The number of hydrogen-bond donors (Lipinski definition) is 3. The molecule has 0 saturated carbocycles. The van der Waals surface area contributed by atoms with Gasteiger partial charge in [0.15, 0.2) is 5.96 Å². The van der Waals surface area contributed by atoms with Gasteiger partial charge in [-0.05, 0) is 41.2 Å². The molecule has 0 aliphatic carbocycles. The number of rotatable bonds is 7. The first-order valence-electron chi connectivity index (χ1n) is 7.69. The van der Waals surface area contributed by atoms with Crippen molar-refractivity contribution in [3.8, 4) is 0 Å². The van der Waals surface area contributed by atoms with E-state index in [1.807, 2.05) is 20.8 Å². The third-order valence-electron chi connectivity index (χ3n) is 2.98. The average molecular weight is 427 g/mol. The number of amides is 1. The maximum atomic E-state index is 11.7. The van der Waals surface area contributed by atoms with E-state index in [-0.39, 0.29) is 42.0 Å². The third-order valence-corrected chi connectivity index (χ3v) is 2.98. The van der Waals surface area contributed by atoms with Crippen LogP contribution in [0.1, 0.15) is 41.5 Å². The van der Waals surface area contributed by atoms with Crippen molar-refractivity contribution in [1.29, 1.82) is 0 Å². The second-order valence-electron chi connectivity index (χ2n) is 6.37. The Bertz CT molecular complexity index is 339. The normalized spacial score (nSPS) is 12.1. The first-order chi connectivity index (χ1) is 9.69. The maximum Gasteiger partial charge on any atom is 0.239 e. The summed E-state index contributed by atoms with van der Waals surface area (Å²) < 4.78 is 0. The van der Waals surface area contributed by atoms with Crippen LogP contribution in [0, 0.1) is 0 Å². The largest absolute Gasteiger partial charge is 0.355 e. The Morgan fingerprint density at radius 2 is 1.82 bits per heavy atom. The number of carbonyl (C=O) groups excluding carboxylic acids is 1. The van der Waals surface area contributed by atoms with E-state index in [0.29, 0.717) is 12.0 Å². The van der Waals surface area contributed by atoms with E-state index in [2.05, 4.69) is 46.6 Å². The van der Waals surface area contributed by atoms with Crippen LogP contribution >= 0.6 is 24.0 Å². The molecule has 0 atom stereocenters. The fourth-order valence-corrected chi connectivity index (χ4v) is 1.95. The highest BCUT2D eigenvalue weighted by atomic mass is 127. The molecule has 0 aromatic heterocycles. The number of carbonyl (C=O) groups is 1. The number of likely N-dealkylation sites (N-methyl/N-ethyl adjacent to an activating group) is 1. The maximum absolute atomic E-state index is 11.7. The minimum Gasteiger partial charge on any atom is -0.355 e. The molecule has 7 heteroatoms. The van der Waals surface area contributed by atoms with Crippen LogP contribution in [-0.4, -0.2) is 61.6 Å². The highest BCUT2D eigenvalue weighted by molar-refractivity contribution is 14.0. The molecule has 6 nitrogen and oxygen atoms in total. The molecule has 0 bridgehead atoms. The van der Waals surface area contributed by atoms with Crippen LogP contribution < -0.4 is 16.0 Å². The molecular formula is C15H34IN5O. The molecule has 0 radical (unpaired) electrons. The summed E-state index contributed by atoms with van der Waals surface area (Å²) in [4.78, 5) is 18.2. The lowest BCUT2D eigenvalue weighted by molar-refractivity contribution is -0.121. The van der Waals surface area contributed by atoms with E-state index in [0.717, 1.165) is 19.6 Å². The van der Waals surface area contributed by atoms with E-state index in [4.69, 9.17) is 0 Å². The van der Waals surface area contributed by atoms with Gasteiger partial charge in [0.05, 0.1) is 6.54 Å². The van der Waals surface area contributed by atoms with Gasteiger partial charge in [-0.15, -0.1) is 24.0 Å². The van der Waals surface area contributed by atoms with E-state index < -0.39 is 0 Å². The predicted octanol–water partition coefficient (Wildman–Crippen LogP) is 1.41. The van der Waals surface area contributed by atoms with Crippen LogP contribution in [0.15, 0.2) is 4.99 Å². The first kappa shape index (κ1) is 23.7. The summed E-state index contributed by atoms with van der Waals surface area (Å²) in [5.74, 6) is 0.613. The minimum absolute atomic E-state index is 0. The Morgan fingerprint density at radius 1 is 1.23 bits per heavy atom. The van der Waals surface area contributed by atoms with Crippen molar-refractivity contribution in [2.75, 3.05) is 33.2 Å². The van der Waals surface area contributed by atoms with Crippen molar-refractivity contribution in [3.05, 3.63) is 0 Å². The van der Waals surface area contributed by atoms with Crippen LogP contribution in [0.5, 0.6) is 0 Å². The van der Waals surface area contributed by atoms with E-state index in [1.165, 1.54) is 0 Å². The SMILES string of the molecule is CCN(CCNC(=NC)NCC(=O)NC(C)(C)C)C(C)C.I. The second kappa shape index (κ2) is 11.9. The van der Waals surface area contributed by atoms with Gasteiger partial charge >= 0.3 is 0 Å². The van der Waals surface area contributed by atoms with Crippen molar-refractivity contribution < 1.29 is 4.79 Å². The van der Waals surface area contributed by atoms with Crippen LogP contribution in [-0.2, 0) is 4.79 Å². The molecule has 0 spiro atoms. The molecule has 0 aromatic carbocycles. The number of nitrogens with one attached hydrogen (secondary N) is 3. The summed E-state index contributed by atoms with van der Waals surface area (Å²) in [7, 11) is 1.71. The molecule has 0 aromatic rings. The Kier molecular flexibility index (Phi) is 12.8. The lowest BCUT2D eigenvalue weighted by atomic mass is 10.1. The lowest BCUT2D eigenvalue weighted by Gasteiger charge is -2.25. The van der Waals surface area contributed by atoms with Crippen molar-refractivity contribution in [1.82, 2.24) is 20.9 Å². The van der Waals surface area contributed by atoms with Crippen LogP contribution in [0.4, 0.5) is 0 Å². The zero-order valence-corrected chi connectivity index (χ0v) is 17.4. The van der Waals surface area contributed by atoms with Gasteiger partial charge in [-0.25, -0.2) is 0 Å². The van der Waals surface area contributed by atoms with Gasteiger partial charge in [0.2, 0.25) is 5.91 Å². The molecule has 0 aliphatic rings. The summed E-state index contributed by atoms with van der Waals surface area (Å²) in [5.41, 5.74) is -0.214. The molecule has 0 saturated heterocycles. The molecular weight excluding hydrogens is 393 g/mol. The van der Waals surface area contributed by atoms with Crippen molar-refractivity contribution in [2.24, 2.45) is 4.99 Å². The Morgan fingerprint density at radius 3 is 2.23 bits per heavy atom. The monoisotopic (exact) mass is 427 g/mol. The molecule has 1 amide bonds. The number of aliphatic imine (C=N–C) groups is 1. The smallest absolute Gasteiger partial charge is 0.239 e. The zero-order chi connectivity index (χ0) is 16.5. The van der Waals surface area contributed by atoms with Gasteiger partial charge in [-0.1, -0.05) is 6.92 Å². The number of nitrogens with zero attached hydrogens (tertiary/aromatic N) is 2. The molecule has 3 N–H and O–H groups in total. The predicted molar refractivity (Wildman–Crippen MR) is 105 cm³/mol. The number of guanidine groups is 1. The minimum atomic E-state index is -0.214. The van der Waals surface area contributed by atoms with Gasteiger partial charge in [0.1, 0.15) is 0 Å². The van der Waals surface area contributed by atoms with Crippen molar-refractivity contribution in [2.45, 2.75) is 53.1 Å². The summed E-state index contributed by atoms with van der Waals surface area (Å²) in [6.07, 6.45) is 0. The quantitative estimate of drug-likeness (QED) is 0.327. The molecule has 0 heterocycles. The van der Waals surface area contributed by atoms with Gasteiger partial charge in [0, 0.05) is 31.7 Å². The van der Waals surface area contributed by atoms with E-state index in [9.17, 15) is 4.79 Å². The van der Waals surface area contributed by atoms with Crippen molar-refractivity contribution >= 4 is 35.8 Å². The highest BCUT2D eigenvalue weighted by Crippen LogP contribution is 1.97. The van der Waals surface area contributed by atoms with E-state index >= 15 is 0 Å². The molecule has 0 rings (SSSR count). The average Bonchev–Trinajstić information content (AvgIpc) is 2.35. The van der Waals surface area contributed by atoms with Crippen molar-refractivity contribution in [3.63, 3.8) is 0 Å². The van der Waals surface area contributed by atoms with Crippen LogP contribution in [0.3, 0.4) is 0 Å². The number of halogens is 1. The third kappa shape index (κ3) is 12.0. The topological polar surface area (TPSA) is 68.8 Å². The standard InChI is InChI=1S/C15H33N5O.HI/c1-8-20(12(2)3)10-9-17-14(16-7)18-11-13(21)19-15(4,5)6;/h12H,8-11H2,1-7H3,(H,19,21)(H2,16,17,18);1H. The molecule has 132 valence electrons. The van der Waals surface area contributed by atoms with Crippen LogP contribution in [0.2, 0.25) is 0 Å². The summed E-state index contributed by atoms with van der Waals surface area (Å²) in [6, 6.07) is 0.532. The van der Waals surface area contributed by atoms with E-state index in [1.54, 1.807) is 7.05 Å². The fraction of sp³-hybridized carbons (Fsp3) is 0.867. The highest BCUT2D eigenvalue weighted by Gasteiger charge is 2.13. The van der Waals surface area contributed by atoms with Gasteiger partial charge < -0.3 is 16.0 Å². The Labute approximate surface area is 152 Å². The summed E-state index contributed by atoms with van der Waals surface area (Å²) in [5, 5.41) is 9.15. The molecule has 0 unspecified atom stereocenters. The Balaban J connectivity index is 0. The second-order valence-corrected chi connectivity index (χ2v) is 6.37. The van der Waals surface area contributed by atoms with Crippen LogP contribution in [0.25, 0.3) is 0 Å². The summed E-state index contributed by atoms with van der Waals surface area (Å²) in [6.45, 7) is 15.4. The van der Waals surface area contributed by atoms with Gasteiger partial charge in [0.25, 0.3) is 0 Å².